The van der Waals surface area contributed by atoms with E-state index in [1.54, 1.807) is 6.20 Å². The summed E-state index contributed by atoms with van der Waals surface area (Å²) in [4.78, 5) is 14.3. The van der Waals surface area contributed by atoms with Crippen molar-refractivity contribution in [3.8, 4) is 11.1 Å². The molecule has 8 heteroatoms. The van der Waals surface area contributed by atoms with E-state index >= 15 is 4.39 Å². The van der Waals surface area contributed by atoms with Gasteiger partial charge in [0.05, 0.1) is 17.1 Å². The number of nitrogens with two attached hydrogens (primary N) is 1. The average molecular weight is 463 g/mol. The Labute approximate surface area is 195 Å². The van der Waals surface area contributed by atoms with Crippen LogP contribution < -0.4 is 5.73 Å². The van der Waals surface area contributed by atoms with Gasteiger partial charge in [0.25, 0.3) is 0 Å². The van der Waals surface area contributed by atoms with Crippen LogP contribution in [0.3, 0.4) is 0 Å². The van der Waals surface area contributed by atoms with Crippen molar-refractivity contribution in [2.24, 2.45) is 5.73 Å². The number of likely N-dealkylation sites (N-methyl/N-ethyl adjacent to an activating group) is 1. The molecule has 0 aliphatic carbocycles. The topological polar surface area (TPSA) is 75.8 Å². The molecule has 0 aliphatic heterocycles. The van der Waals surface area contributed by atoms with Crippen molar-refractivity contribution in [1.82, 2.24) is 24.4 Å². The second kappa shape index (κ2) is 8.59. The van der Waals surface area contributed by atoms with Gasteiger partial charge < -0.3 is 20.2 Å². The van der Waals surface area contributed by atoms with Gasteiger partial charge in [-0.15, -0.1) is 0 Å². The van der Waals surface area contributed by atoms with Crippen molar-refractivity contribution in [2.45, 2.75) is 12.6 Å². The second-order valence-corrected chi connectivity index (χ2v) is 8.81. The lowest BCUT2D eigenvalue weighted by atomic mass is 10.0. The molecular formula is C25H24ClFN6. The Balaban J connectivity index is 1.69. The van der Waals surface area contributed by atoms with Gasteiger partial charge in [-0.25, -0.2) is 14.4 Å². The van der Waals surface area contributed by atoms with Crippen molar-refractivity contribution in [3.05, 3.63) is 83.2 Å². The van der Waals surface area contributed by atoms with E-state index in [2.05, 4.69) is 19.4 Å². The molecule has 0 fully saturated rings. The predicted octanol–water partition coefficient (Wildman–Crippen LogP) is 4.98. The normalized spacial score (nSPS) is 12.8. The van der Waals surface area contributed by atoms with Gasteiger partial charge in [0.1, 0.15) is 17.3 Å². The quantitative estimate of drug-likeness (QED) is 0.373. The van der Waals surface area contributed by atoms with Gasteiger partial charge in [0.2, 0.25) is 0 Å². The molecule has 2 aromatic carbocycles. The highest BCUT2D eigenvalue weighted by molar-refractivity contribution is 6.30. The van der Waals surface area contributed by atoms with Gasteiger partial charge in [0.15, 0.2) is 0 Å². The molecule has 0 aliphatic rings. The van der Waals surface area contributed by atoms with E-state index in [0.29, 0.717) is 28.5 Å². The van der Waals surface area contributed by atoms with Crippen LogP contribution >= 0.6 is 11.6 Å². The number of aromatic nitrogens is 4. The summed E-state index contributed by atoms with van der Waals surface area (Å²) >= 11 is 6.05. The molecule has 0 spiro atoms. The molecule has 1 unspecified atom stereocenters. The van der Waals surface area contributed by atoms with Crippen molar-refractivity contribution < 1.29 is 4.39 Å². The first-order valence-corrected chi connectivity index (χ1v) is 11.1. The van der Waals surface area contributed by atoms with Crippen LogP contribution in [0.25, 0.3) is 33.2 Å². The highest BCUT2D eigenvalue weighted by atomic mass is 35.5. The van der Waals surface area contributed by atoms with Gasteiger partial charge in [-0.3, -0.25) is 0 Å². The number of hydrogen-bond donors (Lipinski definition) is 2. The number of imidazole rings is 1. The van der Waals surface area contributed by atoms with Crippen LogP contribution in [0.1, 0.15) is 17.4 Å². The van der Waals surface area contributed by atoms with Gasteiger partial charge in [-0.05, 0) is 55.6 Å². The fraction of sp³-hybridized carbons (Fsp3) is 0.200. The maximum Gasteiger partial charge on any atom is 0.137 e. The van der Waals surface area contributed by atoms with E-state index in [-0.39, 0.29) is 5.82 Å². The molecule has 3 heterocycles. The van der Waals surface area contributed by atoms with E-state index in [4.69, 9.17) is 22.3 Å². The standard InChI is InChI=1S/C25H24ClFN6/c1-32(2)11-12-33-22-13-19(17-7-9-29-24-18(17)8-10-30-24)20(27)14-21(22)31-25(33)23(28)15-3-5-16(26)6-4-15/h3-10,13-14,23H,11-12,28H2,1-2H3,(H,29,30). The number of H-pyrrole nitrogens is 1. The van der Waals surface area contributed by atoms with Gasteiger partial charge in [0, 0.05) is 47.5 Å². The Bertz CT molecular complexity index is 1440. The van der Waals surface area contributed by atoms with E-state index in [9.17, 15) is 0 Å². The van der Waals surface area contributed by atoms with Gasteiger partial charge in [-0.2, -0.15) is 0 Å². The lowest BCUT2D eigenvalue weighted by Crippen LogP contribution is -2.23. The summed E-state index contributed by atoms with van der Waals surface area (Å²) in [7, 11) is 4.03. The number of hydrogen-bond acceptors (Lipinski definition) is 4. The Hall–Kier alpha value is -3.26. The van der Waals surface area contributed by atoms with Crippen LogP contribution in [0.2, 0.25) is 5.02 Å². The molecule has 3 aromatic heterocycles. The molecular weight excluding hydrogens is 439 g/mol. The second-order valence-electron chi connectivity index (χ2n) is 8.37. The molecule has 0 saturated carbocycles. The molecule has 0 amide bonds. The molecule has 5 rings (SSSR count). The summed E-state index contributed by atoms with van der Waals surface area (Å²) in [6, 6.07) is 14.1. The summed E-state index contributed by atoms with van der Waals surface area (Å²) in [5, 5.41) is 1.51. The lowest BCUT2D eigenvalue weighted by Gasteiger charge is -2.17. The van der Waals surface area contributed by atoms with Crippen LogP contribution in [0.4, 0.5) is 4.39 Å². The van der Waals surface area contributed by atoms with Crippen molar-refractivity contribution >= 4 is 33.7 Å². The van der Waals surface area contributed by atoms with Crippen molar-refractivity contribution in [1.29, 1.82) is 0 Å². The SMILES string of the molecule is CN(C)CCn1c(C(N)c2ccc(Cl)cc2)nc2cc(F)c(-c3ccnc4[nH]ccc34)cc21. The third-order valence-electron chi connectivity index (χ3n) is 5.90. The zero-order valence-corrected chi connectivity index (χ0v) is 19.1. The first-order chi connectivity index (χ1) is 15.9. The zero-order valence-electron chi connectivity index (χ0n) is 18.4. The molecule has 3 N–H and O–H groups in total. The Morgan fingerprint density at radius 3 is 2.67 bits per heavy atom. The highest BCUT2D eigenvalue weighted by Gasteiger charge is 2.21. The molecule has 0 bridgehead atoms. The van der Waals surface area contributed by atoms with E-state index in [0.717, 1.165) is 34.2 Å². The fourth-order valence-electron chi connectivity index (χ4n) is 4.16. The fourth-order valence-corrected chi connectivity index (χ4v) is 4.28. The molecule has 1 atom stereocenters. The van der Waals surface area contributed by atoms with Crippen LogP contribution in [0, 0.1) is 5.82 Å². The van der Waals surface area contributed by atoms with E-state index in [1.807, 2.05) is 62.8 Å². The molecule has 33 heavy (non-hydrogen) atoms. The molecule has 6 nitrogen and oxygen atoms in total. The van der Waals surface area contributed by atoms with Crippen molar-refractivity contribution in [2.75, 3.05) is 20.6 Å². The predicted molar refractivity (Wildman–Crippen MR) is 131 cm³/mol. The minimum absolute atomic E-state index is 0.333. The monoisotopic (exact) mass is 462 g/mol. The van der Waals surface area contributed by atoms with Crippen LogP contribution in [0.15, 0.2) is 60.9 Å². The van der Waals surface area contributed by atoms with Crippen LogP contribution in [-0.4, -0.2) is 45.1 Å². The molecule has 0 radical (unpaired) electrons. The number of benzene rings is 2. The molecule has 168 valence electrons. The Morgan fingerprint density at radius 1 is 1.12 bits per heavy atom. The summed E-state index contributed by atoms with van der Waals surface area (Å²) in [6.45, 7) is 1.46. The first kappa shape index (κ1) is 21.6. The van der Waals surface area contributed by atoms with Crippen molar-refractivity contribution in [3.63, 3.8) is 0 Å². The first-order valence-electron chi connectivity index (χ1n) is 10.7. The van der Waals surface area contributed by atoms with Crippen LogP contribution in [-0.2, 0) is 6.54 Å². The zero-order chi connectivity index (χ0) is 23.1. The highest BCUT2D eigenvalue weighted by Crippen LogP contribution is 2.33. The smallest absolute Gasteiger partial charge is 0.137 e. The van der Waals surface area contributed by atoms with Gasteiger partial charge in [-0.1, -0.05) is 23.7 Å². The van der Waals surface area contributed by atoms with Crippen LogP contribution in [0.5, 0.6) is 0 Å². The number of fused-ring (bicyclic) bond motifs is 2. The van der Waals surface area contributed by atoms with E-state index < -0.39 is 6.04 Å². The number of aromatic amines is 1. The number of rotatable bonds is 6. The number of nitrogens with one attached hydrogen (secondary N) is 1. The maximum absolute atomic E-state index is 15.3. The Kier molecular flexibility index (Phi) is 5.62. The number of halogens is 2. The Morgan fingerprint density at radius 2 is 1.91 bits per heavy atom. The largest absolute Gasteiger partial charge is 0.346 e. The maximum atomic E-state index is 15.3. The minimum Gasteiger partial charge on any atom is -0.346 e. The summed E-state index contributed by atoms with van der Waals surface area (Å²) in [5.74, 6) is 0.354. The molecule has 5 aromatic rings. The third-order valence-corrected chi connectivity index (χ3v) is 6.15. The average Bonchev–Trinajstić information content (AvgIpc) is 3.41. The third kappa shape index (κ3) is 3.99. The summed E-state index contributed by atoms with van der Waals surface area (Å²) < 4.78 is 17.4. The van der Waals surface area contributed by atoms with Gasteiger partial charge >= 0.3 is 0 Å². The summed E-state index contributed by atoms with van der Waals surface area (Å²) in [6.07, 6.45) is 3.49. The summed E-state index contributed by atoms with van der Waals surface area (Å²) in [5.41, 5.74) is 11.0. The minimum atomic E-state index is -0.472. The number of pyridine rings is 1. The number of nitrogens with zero attached hydrogens (tertiary/aromatic N) is 4. The lowest BCUT2D eigenvalue weighted by molar-refractivity contribution is 0.382. The molecule has 0 saturated heterocycles. The van der Waals surface area contributed by atoms with E-state index in [1.165, 1.54) is 6.07 Å².